The first-order valence-corrected chi connectivity index (χ1v) is 6.80. The number of benzene rings is 1. The van der Waals surface area contributed by atoms with Gasteiger partial charge in [-0.15, -0.1) is 0 Å². The van der Waals surface area contributed by atoms with Crippen LogP contribution in [0.4, 0.5) is 0 Å². The summed E-state index contributed by atoms with van der Waals surface area (Å²) in [6.07, 6.45) is 0. The van der Waals surface area contributed by atoms with Gasteiger partial charge in [-0.3, -0.25) is 0 Å². The molecule has 0 saturated heterocycles. The molecule has 1 aromatic rings. The van der Waals surface area contributed by atoms with Crippen LogP contribution in [-0.2, 0) is 16.8 Å². The molecule has 1 aromatic carbocycles. The maximum absolute atomic E-state index is 11.3. The van der Waals surface area contributed by atoms with Crippen molar-refractivity contribution in [3.8, 4) is 0 Å². The Balaban J connectivity index is 2.62. The molecule has 0 aliphatic heterocycles. The minimum Gasteiger partial charge on any atom is -0.203 e. The van der Waals surface area contributed by atoms with E-state index in [4.69, 9.17) is 0 Å². The van der Waals surface area contributed by atoms with Crippen LogP contribution in [0.5, 0.6) is 0 Å². The molecule has 1 rings (SSSR count). The molecule has 0 radical (unpaired) electrons. The summed E-state index contributed by atoms with van der Waals surface area (Å²) in [5, 5.41) is 0. The molecule has 0 bridgehead atoms. The van der Waals surface area contributed by atoms with E-state index in [2.05, 4.69) is 25.4 Å². The third-order valence-corrected chi connectivity index (χ3v) is 3.71. The molecule has 15 heavy (non-hydrogen) atoms. The van der Waals surface area contributed by atoms with E-state index < -0.39 is 10.2 Å². The largest absolute Gasteiger partial charge is 0.277 e. The third-order valence-electron chi connectivity index (χ3n) is 1.74. The molecule has 0 amide bonds. The van der Waals surface area contributed by atoms with Gasteiger partial charge in [-0.25, -0.2) is 4.72 Å². The molecular weight excluding hydrogens is 280 g/mol. The molecule has 4 nitrogen and oxygen atoms in total. The van der Waals surface area contributed by atoms with Crippen molar-refractivity contribution in [2.75, 3.05) is 6.54 Å². The Morgan fingerprint density at radius 3 is 2.53 bits per heavy atom. The summed E-state index contributed by atoms with van der Waals surface area (Å²) in [4.78, 5) is 0. The number of nitrogens with one attached hydrogen (secondary N) is 2. The number of hydrogen-bond donors (Lipinski definition) is 2. The SMILES string of the molecule is CCNS(=O)(=O)NCc1ccccc1Br. The Hall–Kier alpha value is -0.430. The van der Waals surface area contributed by atoms with Crippen molar-refractivity contribution in [1.82, 2.24) is 9.44 Å². The quantitative estimate of drug-likeness (QED) is 0.862. The van der Waals surface area contributed by atoms with Crippen molar-refractivity contribution in [1.29, 1.82) is 0 Å². The molecule has 84 valence electrons. The Bertz CT molecular complexity index is 420. The van der Waals surface area contributed by atoms with Gasteiger partial charge in [-0.2, -0.15) is 13.1 Å². The van der Waals surface area contributed by atoms with E-state index in [1.54, 1.807) is 6.92 Å². The first-order chi connectivity index (χ1) is 7.05. The maximum atomic E-state index is 11.3. The molecule has 0 atom stereocenters. The van der Waals surface area contributed by atoms with Crippen molar-refractivity contribution in [3.05, 3.63) is 34.3 Å². The lowest BCUT2D eigenvalue weighted by atomic mass is 10.2. The summed E-state index contributed by atoms with van der Waals surface area (Å²) in [6, 6.07) is 7.48. The highest BCUT2D eigenvalue weighted by atomic mass is 79.9. The van der Waals surface area contributed by atoms with E-state index in [1.165, 1.54) is 0 Å². The van der Waals surface area contributed by atoms with Crippen LogP contribution in [-0.4, -0.2) is 15.0 Å². The molecule has 0 spiro atoms. The topological polar surface area (TPSA) is 58.2 Å². The lowest BCUT2D eigenvalue weighted by molar-refractivity contribution is 0.568. The molecule has 0 saturated carbocycles. The van der Waals surface area contributed by atoms with Gasteiger partial charge in [0.05, 0.1) is 0 Å². The van der Waals surface area contributed by atoms with Crippen LogP contribution in [0.2, 0.25) is 0 Å². The van der Waals surface area contributed by atoms with Crippen LogP contribution < -0.4 is 9.44 Å². The summed E-state index contributed by atoms with van der Waals surface area (Å²) in [5.41, 5.74) is 0.902. The van der Waals surface area contributed by atoms with Crippen molar-refractivity contribution >= 4 is 26.1 Å². The molecule has 0 aliphatic rings. The van der Waals surface area contributed by atoms with Crippen molar-refractivity contribution < 1.29 is 8.42 Å². The highest BCUT2D eigenvalue weighted by Crippen LogP contribution is 2.15. The van der Waals surface area contributed by atoms with E-state index in [-0.39, 0.29) is 6.54 Å². The summed E-state index contributed by atoms with van der Waals surface area (Å²) in [7, 11) is -3.37. The van der Waals surface area contributed by atoms with Crippen LogP contribution >= 0.6 is 15.9 Å². The fourth-order valence-electron chi connectivity index (χ4n) is 1.06. The first kappa shape index (κ1) is 12.6. The third kappa shape index (κ3) is 4.29. The standard InChI is InChI=1S/C9H13BrN2O2S/c1-2-11-15(13,14)12-7-8-5-3-4-6-9(8)10/h3-6,11-12H,2,7H2,1H3. The Morgan fingerprint density at radius 2 is 1.93 bits per heavy atom. The highest BCUT2D eigenvalue weighted by molar-refractivity contribution is 9.10. The summed E-state index contributed by atoms with van der Waals surface area (Å²) >= 11 is 3.35. The zero-order chi connectivity index (χ0) is 11.3. The van der Waals surface area contributed by atoms with Gasteiger partial charge in [0.1, 0.15) is 0 Å². The van der Waals surface area contributed by atoms with Gasteiger partial charge in [0.15, 0.2) is 0 Å². The Kier molecular flexibility index (Phi) is 4.72. The van der Waals surface area contributed by atoms with Gasteiger partial charge >= 0.3 is 0 Å². The van der Waals surface area contributed by atoms with E-state index >= 15 is 0 Å². The maximum Gasteiger partial charge on any atom is 0.277 e. The van der Waals surface area contributed by atoms with Crippen molar-refractivity contribution in [2.24, 2.45) is 0 Å². The summed E-state index contributed by atoms with van der Waals surface area (Å²) in [6.45, 7) is 2.39. The second kappa shape index (κ2) is 5.60. The number of halogens is 1. The second-order valence-electron chi connectivity index (χ2n) is 2.91. The van der Waals surface area contributed by atoms with Gasteiger partial charge in [0, 0.05) is 17.6 Å². The predicted molar refractivity (Wildman–Crippen MR) is 63.6 cm³/mol. The molecule has 0 fully saturated rings. The Labute approximate surface area is 98.4 Å². The van der Waals surface area contributed by atoms with Crippen LogP contribution in [0.15, 0.2) is 28.7 Å². The minimum absolute atomic E-state index is 0.275. The zero-order valence-electron chi connectivity index (χ0n) is 8.33. The fraction of sp³-hybridized carbons (Fsp3) is 0.333. The smallest absolute Gasteiger partial charge is 0.203 e. The Morgan fingerprint density at radius 1 is 1.27 bits per heavy atom. The van der Waals surface area contributed by atoms with Crippen molar-refractivity contribution in [3.63, 3.8) is 0 Å². The van der Waals surface area contributed by atoms with E-state index in [9.17, 15) is 8.42 Å². The molecule has 6 heteroatoms. The normalized spacial score (nSPS) is 11.6. The van der Waals surface area contributed by atoms with Crippen LogP contribution in [0.3, 0.4) is 0 Å². The fourth-order valence-corrected chi connectivity index (χ4v) is 2.31. The average Bonchev–Trinajstić information content (AvgIpc) is 2.16. The molecule has 0 aromatic heterocycles. The monoisotopic (exact) mass is 292 g/mol. The molecule has 2 N–H and O–H groups in total. The predicted octanol–water partition coefficient (Wildman–Crippen LogP) is 1.39. The number of hydrogen-bond acceptors (Lipinski definition) is 2. The molecule has 0 heterocycles. The number of rotatable bonds is 5. The van der Waals surface area contributed by atoms with Gasteiger partial charge in [-0.05, 0) is 11.6 Å². The van der Waals surface area contributed by atoms with E-state index in [1.807, 2.05) is 24.3 Å². The highest BCUT2D eigenvalue weighted by Gasteiger charge is 2.07. The summed E-state index contributed by atoms with van der Waals surface area (Å²) < 4.78 is 28.3. The van der Waals surface area contributed by atoms with E-state index in [0.29, 0.717) is 6.54 Å². The minimum atomic E-state index is -3.37. The van der Waals surface area contributed by atoms with Gasteiger partial charge < -0.3 is 0 Å². The zero-order valence-corrected chi connectivity index (χ0v) is 10.7. The molecular formula is C9H13BrN2O2S. The van der Waals surface area contributed by atoms with Crippen LogP contribution in [0, 0.1) is 0 Å². The summed E-state index contributed by atoms with van der Waals surface area (Å²) in [5.74, 6) is 0. The van der Waals surface area contributed by atoms with Gasteiger partial charge in [0.25, 0.3) is 10.2 Å². The molecule has 0 unspecified atom stereocenters. The van der Waals surface area contributed by atoms with Gasteiger partial charge in [-0.1, -0.05) is 41.1 Å². The van der Waals surface area contributed by atoms with Gasteiger partial charge in [0.2, 0.25) is 0 Å². The van der Waals surface area contributed by atoms with Crippen LogP contribution in [0.1, 0.15) is 12.5 Å². The van der Waals surface area contributed by atoms with E-state index in [0.717, 1.165) is 10.0 Å². The average molecular weight is 293 g/mol. The molecule has 0 aliphatic carbocycles. The lowest BCUT2D eigenvalue weighted by Gasteiger charge is -2.07. The van der Waals surface area contributed by atoms with Crippen molar-refractivity contribution in [2.45, 2.75) is 13.5 Å². The lowest BCUT2D eigenvalue weighted by Crippen LogP contribution is -2.35. The van der Waals surface area contributed by atoms with Crippen LogP contribution in [0.25, 0.3) is 0 Å². The first-order valence-electron chi connectivity index (χ1n) is 4.53. The second-order valence-corrected chi connectivity index (χ2v) is 5.35.